The number of aliphatic hydroxyl groups excluding tert-OH is 1. The van der Waals surface area contributed by atoms with Crippen LogP contribution in [0.15, 0.2) is 0 Å². The van der Waals surface area contributed by atoms with Gasteiger partial charge in [0.1, 0.15) is 0 Å². The van der Waals surface area contributed by atoms with Crippen LogP contribution in [-0.4, -0.2) is 79.9 Å². The predicted molar refractivity (Wildman–Crippen MR) is 81.0 cm³/mol. The van der Waals surface area contributed by atoms with E-state index in [1.807, 2.05) is 6.92 Å². The summed E-state index contributed by atoms with van der Waals surface area (Å²) in [6, 6.07) is 0. The SMILES string of the molecule is CC(O)CN(CCN)CCCCN(CCN)CCN. The zero-order valence-electron chi connectivity index (χ0n) is 12.4. The molecule has 19 heavy (non-hydrogen) atoms. The molecule has 0 fully saturated rings. The Morgan fingerprint density at radius 2 is 1.21 bits per heavy atom. The van der Waals surface area contributed by atoms with Crippen molar-refractivity contribution in [3.63, 3.8) is 0 Å². The van der Waals surface area contributed by atoms with Crippen LogP contribution in [0.5, 0.6) is 0 Å². The van der Waals surface area contributed by atoms with Crippen molar-refractivity contribution in [2.24, 2.45) is 17.2 Å². The molecule has 0 saturated heterocycles. The molecule has 1 atom stereocenters. The number of hydrogen-bond acceptors (Lipinski definition) is 6. The minimum Gasteiger partial charge on any atom is -0.392 e. The molecule has 0 aromatic carbocycles. The average Bonchev–Trinajstić information content (AvgIpc) is 2.34. The third-order valence-corrected chi connectivity index (χ3v) is 3.06. The summed E-state index contributed by atoms with van der Waals surface area (Å²) >= 11 is 0. The van der Waals surface area contributed by atoms with Crippen molar-refractivity contribution >= 4 is 0 Å². The van der Waals surface area contributed by atoms with Gasteiger partial charge in [-0.05, 0) is 32.9 Å². The van der Waals surface area contributed by atoms with Crippen molar-refractivity contribution in [1.82, 2.24) is 9.80 Å². The van der Waals surface area contributed by atoms with Gasteiger partial charge in [0, 0.05) is 45.8 Å². The number of aliphatic hydroxyl groups is 1. The van der Waals surface area contributed by atoms with E-state index < -0.39 is 0 Å². The number of rotatable bonds is 13. The lowest BCUT2D eigenvalue weighted by Gasteiger charge is -2.24. The molecule has 0 amide bonds. The van der Waals surface area contributed by atoms with E-state index in [0.29, 0.717) is 26.2 Å². The number of hydrogen-bond donors (Lipinski definition) is 4. The van der Waals surface area contributed by atoms with Crippen LogP contribution in [-0.2, 0) is 0 Å². The van der Waals surface area contributed by atoms with Crippen molar-refractivity contribution < 1.29 is 5.11 Å². The van der Waals surface area contributed by atoms with Crippen molar-refractivity contribution in [1.29, 1.82) is 0 Å². The molecule has 1 unspecified atom stereocenters. The van der Waals surface area contributed by atoms with Crippen molar-refractivity contribution in [3.8, 4) is 0 Å². The second-order valence-electron chi connectivity index (χ2n) is 5.06. The Morgan fingerprint density at radius 1 is 0.789 bits per heavy atom. The molecule has 0 spiro atoms. The third-order valence-electron chi connectivity index (χ3n) is 3.06. The summed E-state index contributed by atoms with van der Waals surface area (Å²) in [6.07, 6.45) is 1.94. The molecule has 0 aliphatic rings. The lowest BCUT2D eigenvalue weighted by molar-refractivity contribution is 0.126. The van der Waals surface area contributed by atoms with E-state index in [4.69, 9.17) is 17.2 Å². The highest BCUT2D eigenvalue weighted by atomic mass is 16.3. The lowest BCUT2D eigenvalue weighted by atomic mass is 10.2. The maximum atomic E-state index is 9.42. The van der Waals surface area contributed by atoms with E-state index in [1.165, 1.54) is 0 Å². The minimum absolute atomic E-state index is 0.294. The Morgan fingerprint density at radius 3 is 1.63 bits per heavy atom. The Balaban J connectivity index is 3.77. The van der Waals surface area contributed by atoms with E-state index in [2.05, 4.69) is 9.80 Å². The number of nitrogens with zero attached hydrogens (tertiary/aromatic N) is 2. The molecule has 6 nitrogen and oxygen atoms in total. The van der Waals surface area contributed by atoms with E-state index in [1.54, 1.807) is 0 Å². The van der Waals surface area contributed by atoms with Gasteiger partial charge in [-0.25, -0.2) is 0 Å². The minimum atomic E-state index is -0.294. The van der Waals surface area contributed by atoms with Gasteiger partial charge in [0.25, 0.3) is 0 Å². The number of unbranched alkanes of at least 4 members (excludes halogenated alkanes) is 1. The van der Waals surface area contributed by atoms with E-state index in [0.717, 1.165) is 45.6 Å². The topological polar surface area (TPSA) is 105 Å². The standard InChI is InChI=1S/C13H33N5O/c1-13(19)12-18(11-6-16)8-3-2-7-17(9-4-14)10-5-15/h13,19H,2-12,14-16H2,1H3. The van der Waals surface area contributed by atoms with E-state index in [9.17, 15) is 5.11 Å². The normalized spacial score (nSPS) is 13.4. The van der Waals surface area contributed by atoms with Crippen LogP contribution in [0.25, 0.3) is 0 Å². The summed E-state index contributed by atoms with van der Waals surface area (Å²) in [6.45, 7) is 9.22. The quantitative estimate of drug-likeness (QED) is 0.309. The number of nitrogens with two attached hydrogens (primary N) is 3. The van der Waals surface area contributed by atoms with E-state index in [-0.39, 0.29) is 6.10 Å². The third kappa shape index (κ3) is 11.3. The Kier molecular flexibility index (Phi) is 12.6. The largest absolute Gasteiger partial charge is 0.392 e. The molecule has 0 aliphatic carbocycles. The summed E-state index contributed by atoms with van der Waals surface area (Å²) in [5, 5.41) is 9.42. The van der Waals surface area contributed by atoms with Crippen LogP contribution in [0, 0.1) is 0 Å². The smallest absolute Gasteiger partial charge is 0.0639 e. The molecule has 6 heteroatoms. The fraction of sp³-hybridized carbons (Fsp3) is 1.00. The highest BCUT2D eigenvalue weighted by Crippen LogP contribution is 1.99. The fourth-order valence-electron chi connectivity index (χ4n) is 2.22. The Labute approximate surface area is 117 Å². The van der Waals surface area contributed by atoms with Crippen LogP contribution in [0.1, 0.15) is 19.8 Å². The van der Waals surface area contributed by atoms with Crippen LogP contribution >= 0.6 is 0 Å². The van der Waals surface area contributed by atoms with Crippen LogP contribution in [0.3, 0.4) is 0 Å². The monoisotopic (exact) mass is 275 g/mol. The molecular formula is C13H33N5O. The van der Waals surface area contributed by atoms with Crippen LogP contribution < -0.4 is 17.2 Å². The summed E-state index contributed by atoms with van der Waals surface area (Å²) < 4.78 is 0. The first kappa shape index (κ1) is 18.8. The van der Waals surface area contributed by atoms with Gasteiger partial charge in [-0.1, -0.05) is 0 Å². The van der Waals surface area contributed by atoms with Crippen molar-refractivity contribution in [2.45, 2.75) is 25.9 Å². The molecule has 0 aromatic heterocycles. The Hall–Kier alpha value is -0.240. The maximum Gasteiger partial charge on any atom is 0.0639 e. The van der Waals surface area contributed by atoms with Crippen LogP contribution in [0.2, 0.25) is 0 Å². The molecular weight excluding hydrogens is 242 g/mol. The van der Waals surface area contributed by atoms with Gasteiger partial charge in [0.15, 0.2) is 0 Å². The summed E-state index contributed by atoms with van der Waals surface area (Å²) in [5.41, 5.74) is 16.7. The molecule has 0 aliphatic heterocycles. The molecule has 0 aromatic rings. The highest BCUT2D eigenvalue weighted by Gasteiger charge is 2.08. The summed E-state index contributed by atoms with van der Waals surface area (Å²) in [4.78, 5) is 4.53. The second kappa shape index (κ2) is 12.8. The van der Waals surface area contributed by atoms with Crippen molar-refractivity contribution in [2.75, 3.05) is 58.9 Å². The van der Waals surface area contributed by atoms with Gasteiger partial charge in [-0.15, -0.1) is 0 Å². The average molecular weight is 275 g/mol. The van der Waals surface area contributed by atoms with Gasteiger partial charge < -0.3 is 27.2 Å². The zero-order chi connectivity index (χ0) is 14.5. The van der Waals surface area contributed by atoms with Gasteiger partial charge in [-0.2, -0.15) is 0 Å². The maximum absolute atomic E-state index is 9.42. The molecule has 0 rings (SSSR count). The van der Waals surface area contributed by atoms with Gasteiger partial charge >= 0.3 is 0 Å². The summed E-state index contributed by atoms with van der Waals surface area (Å²) in [5.74, 6) is 0. The first-order valence-electron chi connectivity index (χ1n) is 7.37. The second-order valence-corrected chi connectivity index (χ2v) is 5.06. The molecule has 0 bridgehead atoms. The van der Waals surface area contributed by atoms with Gasteiger partial charge in [0.05, 0.1) is 6.10 Å². The van der Waals surface area contributed by atoms with Crippen LogP contribution in [0.4, 0.5) is 0 Å². The predicted octanol–water partition coefficient (Wildman–Crippen LogP) is -1.37. The zero-order valence-corrected chi connectivity index (χ0v) is 12.4. The fourth-order valence-corrected chi connectivity index (χ4v) is 2.22. The van der Waals surface area contributed by atoms with Gasteiger partial charge in [-0.3, -0.25) is 4.90 Å². The summed E-state index contributed by atoms with van der Waals surface area (Å²) in [7, 11) is 0. The molecule has 116 valence electrons. The first-order valence-corrected chi connectivity index (χ1v) is 7.37. The first-order chi connectivity index (χ1) is 9.13. The Bertz CT molecular complexity index is 186. The van der Waals surface area contributed by atoms with E-state index >= 15 is 0 Å². The highest BCUT2D eigenvalue weighted by molar-refractivity contribution is 4.64. The molecule has 7 N–H and O–H groups in total. The molecule has 0 heterocycles. The lowest BCUT2D eigenvalue weighted by Crippen LogP contribution is -2.37. The molecule has 0 saturated carbocycles. The molecule has 0 radical (unpaired) electrons. The van der Waals surface area contributed by atoms with Gasteiger partial charge in [0.2, 0.25) is 0 Å². The van der Waals surface area contributed by atoms with Crippen molar-refractivity contribution in [3.05, 3.63) is 0 Å².